The predicted octanol–water partition coefficient (Wildman–Crippen LogP) is 8.20. The molecule has 7 rings (SSSR count). The van der Waals surface area contributed by atoms with Gasteiger partial charge in [-0.25, -0.2) is 0 Å². The molecule has 3 heteroatoms. The minimum absolute atomic E-state index is 0.0510. The second-order valence-electron chi connectivity index (χ2n) is 13.6. The number of ether oxygens (including phenoxy) is 1. The van der Waals surface area contributed by atoms with E-state index in [1.165, 1.54) is 11.1 Å². The van der Waals surface area contributed by atoms with E-state index in [1.54, 1.807) is 6.08 Å². The van der Waals surface area contributed by atoms with Crippen molar-refractivity contribution in [2.24, 2.45) is 28.6 Å². The Hall–Kier alpha value is -3.53. The molecule has 3 saturated carbocycles. The highest BCUT2D eigenvalue weighted by Gasteiger charge is 2.60. The highest BCUT2D eigenvalue weighted by Crippen LogP contribution is 2.65. The van der Waals surface area contributed by atoms with Crippen LogP contribution in [0.15, 0.2) is 126 Å². The number of rotatable bonds is 6. The van der Waals surface area contributed by atoms with Crippen molar-refractivity contribution in [2.45, 2.75) is 57.7 Å². The standard InChI is InChI=1S/C40H42O3/c1-38-24-22-33(41)26-32(38)18-20-34-35-21-19-28(39(35,2)27-36(42)37(34)38)23-25-43-40(29-12-6-3-7-13-29,30-14-8-4-9-15-30)31-16-10-5-11-17-31/h3-17,22-24,26,34-37,42H,18-21,25,27H2,1-2H3/b28-23+/t34-,35-,36+,37+,38+,39+/m1/s1. The van der Waals surface area contributed by atoms with Gasteiger partial charge in [-0.15, -0.1) is 0 Å². The number of allylic oxidation sites excluding steroid dienone is 5. The van der Waals surface area contributed by atoms with Gasteiger partial charge in [0.25, 0.3) is 0 Å². The van der Waals surface area contributed by atoms with Gasteiger partial charge in [0.05, 0.1) is 12.7 Å². The van der Waals surface area contributed by atoms with Gasteiger partial charge in [-0.05, 0) is 78.2 Å². The van der Waals surface area contributed by atoms with Gasteiger partial charge in [0.15, 0.2) is 5.78 Å². The second-order valence-corrected chi connectivity index (χ2v) is 13.6. The van der Waals surface area contributed by atoms with Crippen LogP contribution < -0.4 is 0 Å². The van der Waals surface area contributed by atoms with Gasteiger partial charge in [0, 0.05) is 11.3 Å². The lowest BCUT2D eigenvalue weighted by molar-refractivity contribution is -0.112. The Bertz CT molecular complexity index is 1470. The third kappa shape index (κ3) is 4.51. The number of aliphatic hydroxyl groups excluding tert-OH is 1. The molecule has 0 unspecified atom stereocenters. The molecule has 0 heterocycles. The van der Waals surface area contributed by atoms with Crippen molar-refractivity contribution in [2.75, 3.05) is 6.61 Å². The van der Waals surface area contributed by atoms with E-state index in [0.29, 0.717) is 18.4 Å². The summed E-state index contributed by atoms with van der Waals surface area (Å²) < 4.78 is 7.12. The maximum Gasteiger partial charge on any atom is 0.178 e. The normalized spacial score (nSPS) is 32.6. The molecule has 0 bridgehead atoms. The molecule has 0 aromatic heterocycles. The topological polar surface area (TPSA) is 46.5 Å². The van der Waals surface area contributed by atoms with E-state index < -0.39 is 11.7 Å². The van der Waals surface area contributed by atoms with E-state index in [1.807, 2.05) is 6.08 Å². The van der Waals surface area contributed by atoms with Gasteiger partial charge in [-0.1, -0.05) is 128 Å². The first-order chi connectivity index (χ1) is 20.9. The van der Waals surface area contributed by atoms with Gasteiger partial charge in [-0.3, -0.25) is 4.79 Å². The van der Waals surface area contributed by atoms with Crippen LogP contribution in [-0.4, -0.2) is 23.6 Å². The molecule has 3 aromatic carbocycles. The highest BCUT2D eigenvalue weighted by molar-refractivity contribution is 6.01. The number of ketones is 1. The van der Waals surface area contributed by atoms with E-state index in [2.05, 4.69) is 117 Å². The molecular formula is C40H42O3. The summed E-state index contributed by atoms with van der Waals surface area (Å²) in [5.74, 6) is 1.22. The Morgan fingerprint density at radius 3 is 2.02 bits per heavy atom. The van der Waals surface area contributed by atoms with Crippen LogP contribution >= 0.6 is 0 Å². The van der Waals surface area contributed by atoms with Crippen molar-refractivity contribution in [3.63, 3.8) is 0 Å². The molecule has 3 fully saturated rings. The minimum atomic E-state index is -0.748. The first-order valence-corrected chi connectivity index (χ1v) is 16.0. The fourth-order valence-corrected chi connectivity index (χ4v) is 9.54. The number of carbonyl (C=O) groups excluding carboxylic acids is 1. The molecule has 0 spiro atoms. The molecule has 3 aromatic rings. The molecule has 0 amide bonds. The van der Waals surface area contributed by atoms with E-state index in [9.17, 15) is 9.90 Å². The van der Waals surface area contributed by atoms with E-state index in [4.69, 9.17) is 4.74 Å². The van der Waals surface area contributed by atoms with Crippen LogP contribution in [0.1, 0.15) is 62.6 Å². The number of fused-ring (bicyclic) bond motifs is 5. The zero-order valence-corrected chi connectivity index (χ0v) is 25.3. The second kappa shape index (κ2) is 10.9. The van der Waals surface area contributed by atoms with Gasteiger partial charge in [0.1, 0.15) is 5.60 Å². The van der Waals surface area contributed by atoms with Gasteiger partial charge in [0.2, 0.25) is 0 Å². The lowest BCUT2D eigenvalue weighted by atomic mass is 9.47. The molecule has 43 heavy (non-hydrogen) atoms. The molecule has 220 valence electrons. The van der Waals surface area contributed by atoms with Gasteiger partial charge in [-0.2, -0.15) is 0 Å². The molecule has 6 atom stereocenters. The lowest BCUT2D eigenvalue weighted by Crippen LogP contribution is -2.55. The summed E-state index contributed by atoms with van der Waals surface area (Å²) in [5.41, 5.74) is 4.94. The Balaban J connectivity index is 1.21. The molecule has 0 saturated heterocycles. The minimum Gasteiger partial charge on any atom is -0.393 e. The number of aliphatic hydroxyl groups is 1. The zero-order valence-electron chi connectivity index (χ0n) is 25.3. The molecule has 0 radical (unpaired) electrons. The summed E-state index contributed by atoms with van der Waals surface area (Å²) in [6, 6.07) is 31.7. The van der Waals surface area contributed by atoms with Crippen LogP contribution in [0.5, 0.6) is 0 Å². The Morgan fingerprint density at radius 2 is 1.44 bits per heavy atom. The summed E-state index contributed by atoms with van der Waals surface area (Å²) in [7, 11) is 0. The van der Waals surface area contributed by atoms with Crippen molar-refractivity contribution in [3.05, 3.63) is 143 Å². The quantitative estimate of drug-likeness (QED) is 0.240. The third-order valence-electron chi connectivity index (χ3n) is 11.5. The SMILES string of the molecule is C[C@]12C=CC(=O)C=C1CC[C@H]1[C@H]2[C@@H](O)C[C@@]2(C)/C(=C/COC(c3ccccc3)(c3ccccc3)c3ccccc3)CC[C@H]12. The highest BCUT2D eigenvalue weighted by atomic mass is 16.5. The molecule has 3 nitrogen and oxygen atoms in total. The first-order valence-electron chi connectivity index (χ1n) is 16.0. The number of hydrogen-bond acceptors (Lipinski definition) is 3. The van der Waals surface area contributed by atoms with Crippen LogP contribution in [-0.2, 0) is 15.1 Å². The van der Waals surface area contributed by atoms with Crippen LogP contribution in [0, 0.1) is 28.6 Å². The smallest absolute Gasteiger partial charge is 0.178 e. The fourth-order valence-electron chi connectivity index (χ4n) is 9.54. The van der Waals surface area contributed by atoms with E-state index >= 15 is 0 Å². The molecule has 0 aliphatic heterocycles. The van der Waals surface area contributed by atoms with Crippen LogP contribution in [0.25, 0.3) is 0 Å². The van der Waals surface area contributed by atoms with Gasteiger partial charge >= 0.3 is 0 Å². The van der Waals surface area contributed by atoms with Crippen molar-refractivity contribution >= 4 is 5.78 Å². The van der Waals surface area contributed by atoms with Crippen LogP contribution in [0.3, 0.4) is 0 Å². The number of carbonyl (C=O) groups is 1. The van der Waals surface area contributed by atoms with Crippen molar-refractivity contribution in [1.29, 1.82) is 0 Å². The predicted molar refractivity (Wildman–Crippen MR) is 171 cm³/mol. The molecule has 1 N–H and O–H groups in total. The van der Waals surface area contributed by atoms with Crippen molar-refractivity contribution in [1.82, 2.24) is 0 Å². The van der Waals surface area contributed by atoms with Crippen LogP contribution in [0.4, 0.5) is 0 Å². The van der Waals surface area contributed by atoms with Crippen molar-refractivity contribution in [3.8, 4) is 0 Å². The maximum absolute atomic E-state index is 12.2. The monoisotopic (exact) mass is 570 g/mol. The van der Waals surface area contributed by atoms with Gasteiger partial charge < -0.3 is 9.84 Å². The summed E-state index contributed by atoms with van der Waals surface area (Å²) in [5, 5.41) is 11.8. The third-order valence-corrected chi connectivity index (χ3v) is 11.5. The average Bonchev–Trinajstić information content (AvgIpc) is 3.36. The average molecular weight is 571 g/mol. The lowest BCUT2D eigenvalue weighted by Gasteiger charge is -2.58. The fraction of sp³-hybridized carbons (Fsp3) is 0.375. The largest absolute Gasteiger partial charge is 0.393 e. The summed E-state index contributed by atoms with van der Waals surface area (Å²) in [4.78, 5) is 12.2. The van der Waals surface area contributed by atoms with E-state index in [-0.39, 0.29) is 22.5 Å². The summed E-state index contributed by atoms with van der Waals surface area (Å²) in [6.45, 7) is 5.12. The first kappa shape index (κ1) is 28.3. The Kier molecular flexibility index (Phi) is 7.15. The zero-order chi connectivity index (χ0) is 29.7. The number of benzene rings is 3. The van der Waals surface area contributed by atoms with Crippen LogP contribution in [0.2, 0.25) is 0 Å². The molecule has 4 aliphatic rings. The summed E-state index contributed by atoms with van der Waals surface area (Å²) >= 11 is 0. The maximum atomic E-state index is 12.2. The molecule has 4 aliphatic carbocycles. The summed E-state index contributed by atoms with van der Waals surface area (Å²) in [6.07, 6.45) is 12.5. The van der Waals surface area contributed by atoms with E-state index in [0.717, 1.165) is 48.8 Å². The molecular weight excluding hydrogens is 528 g/mol. The van der Waals surface area contributed by atoms with Crippen molar-refractivity contribution < 1.29 is 14.6 Å². The number of hydrogen-bond donors (Lipinski definition) is 1. The Labute approximate surface area is 256 Å². The Morgan fingerprint density at radius 1 is 0.860 bits per heavy atom.